The van der Waals surface area contributed by atoms with Gasteiger partial charge in [-0.3, -0.25) is 0 Å². The van der Waals surface area contributed by atoms with Crippen LogP contribution in [0.2, 0.25) is 5.02 Å². The predicted octanol–water partition coefficient (Wildman–Crippen LogP) is 7.21. The summed E-state index contributed by atoms with van der Waals surface area (Å²) >= 11 is 6.28. The van der Waals surface area contributed by atoms with Crippen LogP contribution in [0.15, 0.2) is 83.0 Å². The lowest BCUT2D eigenvalue weighted by Crippen LogP contribution is -1.77. The molecule has 0 amide bonds. The van der Waals surface area contributed by atoms with Gasteiger partial charge >= 0.3 is 0 Å². The molecule has 1 N–H and O–H groups in total. The van der Waals surface area contributed by atoms with Crippen LogP contribution in [-0.4, -0.2) is 4.98 Å². The van der Waals surface area contributed by atoms with E-state index in [2.05, 4.69) is 27.3 Å². The van der Waals surface area contributed by atoms with Crippen molar-refractivity contribution in [2.45, 2.75) is 6.92 Å². The summed E-state index contributed by atoms with van der Waals surface area (Å²) in [6, 6.07) is 24.0. The van der Waals surface area contributed by atoms with Crippen molar-refractivity contribution in [3.05, 3.63) is 83.4 Å². The van der Waals surface area contributed by atoms with Crippen LogP contribution in [0.25, 0.3) is 22.2 Å². The molecule has 0 atom stereocenters. The number of aromatic amines is 1. The Morgan fingerprint density at radius 3 is 2.28 bits per heavy atom. The van der Waals surface area contributed by atoms with E-state index < -0.39 is 0 Å². The van der Waals surface area contributed by atoms with E-state index >= 15 is 0 Å². The highest BCUT2D eigenvalue weighted by atomic mass is 35.5. The third-order valence-electron chi connectivity index (χ3n) is 4.18. The maximum absolute atomic E-state index is 6.28. The summed E-state index contributed by atoms with van der Waals surface area (Å²) in [6.07, 6.45) is 0. The third-order valence-corrected chi connectivity index (χ3v) is 4.48. The Balaban J connectivity index is 1.90. The van der Waals surface area contributed by atoms with E-state index in [-0.39, 0.29) is 0 Å². The SMILES string of the molecule is Cc1cccc(Cl)c1N=Nc1c(-c2ccccc2)[nH]c2ccccc12. The second-order valence-corrected chi connectivity index (χ2v) is 6.27. The molecule has 3 nitrogen and oxygen atoms in total. The Bertz CT molecular complexity index is 1040. The zero-order chi connectivity index (χ0) is 17.2. The number of azo groups is 1. The van der Waals surface area contributed by atoms with Gasteiger partial charge in [0.15, 0.2) is 0 Å². The summed E-state index contributed by atoms with van der Waals surface area (Å²) in [7, 11) is 0. The second kappa shape index (κ2) is 6.54. The molecule has 4 heteroatoms. The minimum Gasteiger partial charge on any atom is -0.353 e. The van der Waals surface area contributed by atoms with Crippen LogP contribution in [0.5, 0.6) is 0 Å². The van der Waals surface area contributed by atoms with Gasteiger partial charge in [-0.2, -0.15) is 0 Å². The number of fused-ring (bicyclic) bond motifs is 1. The highest BCUT2D eigenvalue weighted by molar-refractivity contribution is 6.33. The van der Waals surface area contributed by atoms with Crippen LogP contribution in [0.1, 0.15) is 5.56 Å². The molecule has 4 aromatic rings. The standard InChI is InChI=1S/C21H16ClN3/c1-14-8-7-12-17(22)19(14)24-25-21-16-11-5-6-13-18(16)23-20(21)15-9-3-2-4-10-15/h2-13,23H,1H3. The van der Waals surface area contributed by atoms with E-state index in [9.17, 15) is 0 Å². The normalized spacial score (nSPS) is 11.4. The van der Waals surface area contributed by atoms with E-state index in [0.29, 0.717) is 10.7 Å². The van der Waals surface area contributed by atoms with Gasteiger partial charge in [0.1, 0.15) is 11.4 Å². The third kappa shape index (κ3) is 2.94. The molecule has 0 saturated carbocycles. The predicted molar refractivity (Wildman–Crippen MR) is 104 cm³/mol. The topological polar surface area (TPSA) is 40.5 Å². The van der Waals surface area contributed by atoms with Crippen LogP contribution in [-0.2, 0) is 0 Å². The van der Waals surface area contributed by atoms with Crippen LogP contribution in [0.3, 0.4) is 0 Å². The smallest absolute Gasteiger partial charge is 0.119 e. The number of H-pyrrole nitrogens is 1. The number of halogens is 1. The summed E-state index contributed by atoms with van der Waals surface area (Å²) in [4.78, 5) is 3.46. The Hall–Kier alpha value is -2.91. The van der Waals surface area contributed by atoms with E-state index in [0.717, 1.165) is 33.4 Å². The van der Waals surface area contributed by atoms with Gasteiger partial charge in [0.05, 0.1) is 10.7 Å². The first-order valence-electron chi connectivity index (χ1n) is 8.07. The first kappa shape index (κ1) is 15.6. The van der Waals surface area contributed by atoms with E-state index in [4.69, 9.17) is 11.6 Å². The van der Waals surface area contributed by atoms with Gasteiger partial charge in [0.25, 0.3) is 0 Å². The molecule has 3 aromatic carbocycles. The van der Waals surface area contributed by atoms with Gasteiger partial charge in [0, 0.05) is 16.5 Å². The van der Waals surface area contributed by atoms with Crippen LogP contribution in [0, 0.1) is 6.92 Å². The molecule has 0 radical (unpaired) electrons. The summed E-state index contributed by atoms with van der Waals surface area (Å²) in [5, 5.41) is 10.7. The van der Waals surface area contributed by atoms with E-state index in [1.54, 1.807) is 0 Å². The second-order valence-electron chi connectivity index (χ2n) is 5.87. The van der Waals surface area contributed by atoms with Gasteiger partial charge in [-0.05, 0) is 24.6 Å². The van der Waals surface area contributed by atoms with Crippen molar-refractivity contribution in [2.75, 3.05) is 0 Å². The van der Waals surface area contributed by atoms with E-state index in [1.807, 2.05) is 67.6 Å². The molecule has 0 bridgehead atoms. The highest BCUT2D eigenvalue weighted by Crippen LogP contribution is 2.39. The van der Waals surface area contributed by atoms with Crippen LogP contribution >= 0.6 is 11.6 Å². The Morgan fingerprint density at radius 1 is 0.760 bits per heavy atom. The molecular formula is C21H16ClN3. The molecule has 1 aromatic heterocycles. The monoisotopic (exact) mass is 345 g/mol. The quantitative estimate of drug-likeness (QED) is 0.381. The van der Waals surface area contributed by atoms with Crippen LogP contribution in [0.4, 0.5) is 11.4 Å². The molecule has 0 aliphatic carbocycles. The summed E-state index contributed by atoms with van der Waals surface area (Å²) in [6.45, 7) is 1.98. The van der Waals surface area contributed by atoms with Gasteiger partial charge in [-0.25, -0.2) is 0 Å². The zero-order valence-corrected chi connectivity index (χ0v) is 14.5. The van der Waals surface area contributed by atoms with Crippen molar-refractivity contribution in [3.8, 4) is 11.3 Å². The summed E-state index contributed by atoms with van der Waals surface area (Å²) in [5.41, 5.74) is 5.58. The molecule has 25 heavy (non-hydrogen) atoms. The minimum atomic E-state index is 0.602. The molecule has 122 valence electrons. The number of para-hydroxylation sites is 1. The lowest BCUT2D eigenvalue weighted by Gasteiger charge is -2.02. The molecular weight excluding hydrogens is 330 g/mol. The number of nitrogens with one attached hydrogen (secondary N) is 1. The molecule has 0 spiro atoms. The lowest BCUT2D eigenvalue weighted by molar-refractivity contribution is 1.22. The number of benzene rings is 3. The number of rotatable bonds is 3. The molecule has 0 aliphatic heterocycles. The number of hydrogen-bond acceptors (Lipinski definition) is 2. The Labute approximate surface area is 151 Å². The summed E-state index contributed by atoms with van der Waals surface area (Å²) < 4.78 is 0. The van der Waals surface area contributed by atoms with Gasteiger partial charge in [-0.1, -0.05) is 72.3 Å². The number of aromatic nitrogens is 1. The van der Waals surface area contributed by atoms with Gasteiger partial charge in [-0.15, -0.1) is 10.2 Å². The van der Waals surface area contributed by atoms with Crippen molar-refractivity contribution in [3.63, 3.8) is 0 Å². The fourth-order valence-electron chi connectivity index (χ4n) is 2.89. The molecule has 1 heterocycles. The highest BCUT2D eigenvalue weighted by Gasteiger charge is 2.13. The average molecular weight is 346 g/mol. The van der Waals surface area contributed by atoms with Gasteiger partial charge < -0.3 is 4.98 Å². The minimum absolute atomic E-state index is 0.602. The fourth-order valence-corrected chi connectivity index (χ4v) is 3.15. The Kier molecular flexibility index (Phi) is 4.08. The number of nitrogens with zero attached hydrogens (tertiary/aromatic N) is 2. The largest absolute Gasteiger partial charge is 0.353 e. The molecule has 0 aliphatic rings. The average Bonchev–Trinajstić information content (AvgIpc) is 3.01. The molecule has 0 saturated heterocycles. The van der Waals surface area contributed by atoms with Crippen molar-refractivity contribution in [1.82, 2.24) is 4.98 Å². The first-order valence-corrected chi connectivity index (χ1v) is 8.45. The van der Waals surface area contributed by atoms with Crippen molar-refractivity contribution in [1.29, 1.82) is 0 Å². The summed E-state index contributed by atoms with van der Waals surface area (Å²) in [5.74, 6) is 0. The maximum Gasteiger partial charge on any atom is 0.119 e. The zero-order valence-electron chi connectivity index (χ0n) is 13.7. The molecule has 4 rings (SSSR count). The molecule has 0 fully saturated rings. The lowest BCUT2D eigenvalue weighted by atomic mass is 10.1. The van der Waals surface area contributed by atoms with Crippen molar-refractivity contribution >= 4 is 33.9 Å². The fraction of sp³-hybridized carbons (Fsp3) is 0.0476. The first-order chi connectivity index (χ1) is 12.2. The number of hydrogen-bond donors (Lipinski definition) is 1. The maximum atomic E-state index is 6.28. The van der Waals surface area contributed by atoms with Gasteiger partial charge in [0.2, 0.25) is 0 Å². The van der Waals surface area contributed by atoms with E-state index in [1.165, 1.54) is 0 Å². The molecule has 0 unspecified atom stereocenters. The van der Waals surface area contributed by atoms with Crippen LogP contribution < -0.4 is 0 Å². The Morgan fingerprint density at radius 2 is 1.48 bits per heavy atom. The van der Waals surface area contributed by atoms with Crippen molar-refractivity contribution in [2.24, 2.45) is 10.2 Å². The number of aryl methyl sites for hydroxylation is 1. The van der Waals surface area contributed by atoms with Crippen molar-refractivity contribution < 1.29 is 0 Å².